The molecule has 0 saturated heterocycles. The molecule has 5 heteroatoms. The second kappa shape index (κ2) is 9.25. The first-order valence-electron chi connectivity index (χ1n) is 9.12. The molecule has 3 aromatic rings. The predicted molar refractivity (Wildman–Crippen MR) is 114 cm³/mol. The van der Waals surface area contributed by atoms with E-state index in [-0.39, 0.29) is 12.2 Å². The normalized spacial score (nSPS) is 9.83. The molecule has 0 saturated carbocycles. The zero-order valence-corrected chi connectivity index (χ0v) is 15.9. The van der Waals surface area contributed by atoms with Gasteiger partial charge in [-0.2, -0.15) is 0 Å². The third-order valence-corrected chi connectivity index (χ3v) is 4.09. The molecule has 0 unspecified atom stereocenters. The van der Waals surface area contributed by atoms with Crippen LogP contribution < -0.4 is 11.1 Å². The lowest BCUT2D eigenvalue weighted by Gasteiger charge is -2.11. The predicted octanol–water partition coefficient (Wildman–Crippen LogP) is 4.10. The summed E-state index contributed by atoms with van der Waals surface area (Å²) in [5.41, 5.74) is 8.92. The van der Waals surface area contributed by atoms with Gasteiger partial charge in [0.15, 0.2) is 0 Å². The third kappa shape index (κ3) is 5.02. The van der Waals surface area contributed by atoms with Gasteiger partial charge in [0.2, 0.25) is 0 Å². The van der Waals surface area contributed by atoms with Crippen molar-refractivity contribution in [1.82, 2.24) is 0 Å². The van der Waals surface area contributed by atoms with Crippen LogP contribution in [-0.4, -0.2) is 18.5 Å². The van der Waals surface area contributed by atoms with Crippen LogP contribution in [0.3, 0.4) is 0 Å². The van der Waals surface area contributed by atoms with Crippen LogP contribution in [0.4, 0.5) is 11.4 Å². The Morgan fingerprint density at radius 3 is 2.31 bits per heavy atom. The molecular weight excluding hydrogens is 364 g/mol. The average Bonchev–Trinajstić information content (AvgIpc) is 2.73. The van der Waals surface area contributed by atoms with Crippen LogP contribution in [-0.2, 0) is 4.74 Å². The largest absolute Gasteiger partial charge is 0.462 e. The monoisotopic (exact) mass is 384 g/mol. The van der Waals surface area contributed by atoms with Crippen molar-refractivity contribution >= 4 is 23.3 Å². The summed E-state index contributed by atoms with van der Waals surface area (Å²) in [6.07, 6.45) is 0. The van der Waals surface area contributed by atoms with E-state index in [0.717, 1.165) is 5.56 Å². The fourth-order valence-electron chi connectivity index (χ4n) is 2.68. The number of carbonyl (C=O) groups is 2. The first kappa shape index (κ1) is 19.7. The van der Waals surface area contributed by atoms with Gasteiger partial charge in [-0.05, 0) is 49.4 Å². The number of benzene rings is 3. The lowest BCUT2D eigenvalue weighted by Crippen LogP contribution is -2.17. The molecule has 0 bridgehead atoms. The fourth-order valence-corrected chi connectivity index (χ4v) is 2.68. The van der Waals surface area contributed by atoms with E-state index in [1.165, 1.54) is 0 Å². The van der Waals surface area contributed by atoms with Crippen LogP contribution in [0.1, 0.15) is 38.8 Å². The molecule has 3 aromatic carbocycles. The maximum Gasteiger partial charge on any atom is 0.340 e. The van der Waals surface area contributed by atoms with Crippen LogP contribution in [0, 0.1) is 11.8 Å². The minimum atomic E-state index is -0.497. The van der Waals surface area contributed by atoms with Crippen LogP contribution in [0.5, 0.6) is 0 Å². The van der Waals surface area contributed by atoms with E-state index in [2.05, 4.69) is 17.2 Å². The topological polar surface area (TPSA) is 81.4 Å². The molecule has 29 heavy (non-hydrogen) atoms. The molecule has 0 aliphatic rings. The van der Waals surface area contributed by atoms with E-state index in [0.29, 0.717) is 22.5 Å². The van der Waals surface area contributed by atoms with E-state index in [1.54, 1.807) is 49.4 Å². The lowest BCUT2D eigenvalue weighted by molar-refractivity contribution is 0.0527. The number of hydrogen-bond donors (Lipinski definition) is 2. The molecule has 5 nitrogen and oxygen atoms in total. The van der Waals surface area contributed by atoms with Crippen LogP contribution in [0.2, 0.25) is 0 Å². The Labute approximate surface area is 169 Å². The van der Waals surface area contributed by atoms with Gasteiger partial charge in [0.1, 0.15) is 0 Å². The summed E-state index contributed by atoms with van der Waals surface area (Å²) in [4.78, 5) is 24.7. The highest BCUT2D eigenvalue weighted by molar-refractivity contribution is 6.10. The molecule has 144 valence electrons. The molecule has 0 atom stereocenters. The zero-order chi connectivity index (χ0) is 20.6. The number of carbonyl (C=O) groups excluding carboxylic acids is 2. The van der Waals surface area contributed by atoms with E-state index >= 15 is 0 Å². The zero-order valence-electron chi connectivity index (χ0n) is 15.9. The molecule has 0 aliphatic carbocycles. The first-order valence-corrected chi connectivity index (χ1v) is 9.12. The number of esters is 1. The van der Waals surface area contributed by atoms with E-state index in [4.69, 9.17) is 10.5 Å². The molecule has 0 aliphatic heterocycles. The second-order valence-electron chi connectivity index (χ2n) is 6.14. The van der Waals surface area contributed by atoms with Gasteiger partial charge in [0.05, 0.1) is 23.4 Å². The van der Waals surface area contributed by atoms with Crippen molar-refractivity contribution in [3.05, 3.63) is 95.1 Å². The molecular formula is C24H20N2O3. The molecule has 0 heterocycles. The van der Waals surface area contributed by atoms with Crippen molar-refractivity contribution < 1.29 is 14.3 Å². The van der Waals surface area contributed by atoms with Crippen molar-refractivity contribution in [2.45, 2.75) is 6.92 Å². The fraction of sp³-hybridized carbons (Fsp3) is 0.0833. The van der Waals surface area contributed by atoms with Crippen molar-refractivity contribution in [2.24, 2.45) is 0 Å². The number of nitrogens with one attached hydrogen (secondary N) is 1. The van der Waals surface area contributed by atoms with E-state index in [1.807, 2.05) is 30.3 Å². The quantitative estimate of drug-likeness (QED) is 0.403. The van der Waals surface area contributed by atoms with Crippen molar-refractivity contribution in [3.8, 4) is 11.8 Å². The SMILES string of the molecule is CCOC(=O)c1ccccc1NC(=O)c1ccc(C#Cc2ccccc2)cc1N. The van der Waals surface area contributed by atoms with Gasteiger partial charge in [0.25, 0.3) is 5.91 Å². The number of nitrogens with two attached hydrogens (primary N) is 1. The Balaban J connectivity index is 1.79. The molecule has 0 aromatic heterocycles. The highest BCUT2D eigenvalue weighted by Gasteiger charge is 2.16. The summed E-state index contributed by atoms with van der Waals surface area (Å²) in [7, 11) is 0. The van der Waals surface area contributed by atoms with Gasteiger partial charge in [-0.25, -0.2) is 4.79 Å². The van der Waals surface area contributed by atoms with Gasteiger partial charge >= 0.3 is 5.97 Å². The number of ether oxygens (including phenoxy) is 1. The number of anilines is 2. The van der Waals surface area contributed by atoms with Crippen molar-refractivity contribution in [3.63, 3.8) is 0 Å². The van der Waals surface area contributed by atoms with Gasteiger partial charge in [-0.15, -0.1) is 0 Å². The summed E-state index contributed by atoms with van der Waals surface area (Å²) < 4.78 is 5.03. The molecule has 3 rings (SSSR count). The minimum absolute atomic E-state index is 0.250. The maximum atomic E-state index is 12.7. The Bertz CT molecular complexity index is 1100. The second-order valence-corrected chi connectivity index (χ2v) is 6.14. The number of rotatable bonds is 4. The summed E-state index contributed by atoms with van der Waals surface area (Å²) >= 11 is 0. The summed E-state index contributed by atoms with van der Waals surface area (Å²) in [5, 5.41) is 2.73. The molecule has 1 amide bonds. The van der Waals surface area contributed by atoms with Gasteiger partial charge < -0.3 is 15.8 Å². The smallest absolute Gasteiger partial charge is 0.340 e. The third-order valence-electron chi connectivity index (χ3n) is 4.09. The Kier molecular flexibility index (Phi) is 6.29. The highest BCUT2D eigenvalue weighted by Crippen LogP contribution is 2.20. The highest BCUT2D eigenvalue weighted by atomic mass is 16.5. The average molecular weight is 384 g/mol. The number of amides is 1. The van der Waals surface area contributed by atoms with Crippen LogP contribution in [0.15, 0.2) is 72.8 Å². The Morgan fingerprint density at radius 2 is 1.59 bits per heavy atom. The Morgan fingerprint density at radius 1 is 0.897 bits per heavy atom. The van der Waals surface area contributed by atoms with Crippen LogP contribution >= 0.6 is 0 Å². The van der Waals surface area contributed by atoms with Gasteiger partial charge in [-0.1, -0.05) is 42.2 Å². The summed E-state index contributed by atoms with van der Waals surface area (Å²) in [5.74, 6) is 5.17. The summed E-state index contributed by atoms with van der Waals surface area (Å²) in [6, 6.07) is 21.3. The van der Waals surface area contributed by atoms with Gasteiger partial charge in [-0.3, -0.25) is 4.79 Å². The minimum Gasteiger partial charge on any atom is -0.462 e. The van der Waals surface area contributed by atoms with Gasteiger partial charge in [0, 0.05) is 16.8 Å². The number of nitrogen functional groups attached to an aromatic ring is 1. The molecule has 0 radical (unpaired) electrons. The standard InChI is InChI=1S/C24H20N2O3/c1-2-29-24(28)20-10-6-7-11-22(20)26-23(27)19-15-14-18(16-21(19)25)13-12-17-8-4-3-5-9-17/h3-11,14-16H,2,25H2,1H3,(H,26,27). The van der Waals surface area contributed by atoms with Crippen LogP contribution in [0.25, 0.3) is 0 Å². The maximum absolute atomic E-state index is 12.7. The van der Waals surface area contributed by atoms with E-state index in [9.17, 15) is 9.59 Å². The van der Waals surface area contributed by atoms with Crippen molar-refractivity contribution in [1.29, 1.82) is 0 Å². The molecule has 3 N–H and O–H groups in total. The molecule has 0 fully saturated rings. The van der Waals surface area contributed by atoms with Crippen molar-refractivity contribution in [2.75, 3.05) is 17.7 Å². The summed E-state index contributed by atoms with van der Waals surface area (Å²) in [6.45, 7) is 1.97. The Hall–Kier alpha value is -4.04. The van der Waals surface area contributed by atoms with E-state index < -0.39 is 11.9 Å². The number of para-hydroxylation sites is 1. The lowest BCUT2D eigenvalue weighted by atomic mass is 10.1. The first-order chi connectivity index (χ1) is 14.1. The number of hydrogen-bond acceptors (Lipinski definition) is 4. The molecule has 0 spiro atoms.